The highest BCUT2D eigenvalue weighted by molar-refractivity contribution is 4.54. The number of quaternary nitrogens is 2. The Labute approximate surface area is 56.7 Å². The molecule has 0 heterocycles. The van der Waals surface area contributed by atoms with Crippen molar-refractivity contribution < 1.29 is 10.6 Å². The van der Waals surface area contributed by atoms with Gasteiger partial charge in [-0.05, 0) is 0 Å². The Kier molecular flexibility index (Phi) is 20.2. The van der Waals surface area contributed by atoms with E-state index in [-0.39, 0.29) is 29.8 Å². The molecule has 0 unspecified atom stereocenters. The fourth-order valence-corrected chi connectivity index (χ4v) is 0. The first-order chi connectivity index (χ1) is 2.56. The van der Waals surface area contributed by atoms with Gasteiger partial charge in [-0.1, -0.05) is 26.2 Å². The van der Waals surface area contributed by atoms with Crippen LogP contribution in [0.25, 0.3) is 0 Å². The smallest absolute Gasteiger partial charge is 0.0536 e. The van der Waals surface area contributed by atoms with Crippen molar-refractivity contribution >= 4 is 0 Å². The van der Waals surface area contributed by atoms with Crippen LogP contribution in [-0.4, -0.2) is 12.1 Å². The van der Waals surface area contributed by atoms with Crippen LogP contribution in [0.3, 0.4) is 0 Å². The molecule has 0 bridgehead atoms. The first-order valence-corrected chi connectivity index (χ1v) is 2.14. The van der Waals surface area contributed by atoms with Gasteiger partial charge in [0.2, 0.25) is 0 Å². The minimum absolute atomic E-state index is 0. The van der Waals surface area contributed by atoms with Crippen LogP contribution in [0.2, 0.25) is 0 Å². The van der Waals surface area contributed by atoms with Gasteiger partial charge in [-0.2, -0.15) is 0 Å². The summed E-state index contributed by atoms with van der Waals surface area (Å²) in [7, 11) is 0. The topological polar surface area (TPSA) is 126 Å². The Morgan fingerprint density at radius 3 is 1.22 bits per heavy atom. The van der Waals surface area contributed by atoms with Crippen molar-refractivity contribution in [3.05, 3.63) is 0 Å². The third-order valence-electron chi connectivity index (χ3n) is 0.433. The van der Waals surface area contributed by atoms with E-state index in [1.165, 1.54) is 0 Å². The van der Waals surface area contributed by atoms with Crippen LogP contribution in [-0.2, 0) is 0 Å². The molecule has 0 atom stereocenters. The van der Waals surface area contributed by atoms with Gasteiger partial charge in [0.25, 0.3) is 0 Å². The van der Waals surface area contributed by atoms with Crippen molar-refractivity contribution in [2.75, 3.05) is 6.61 Å². The van der Waals surface area contributed by atoms with E-state index in [0.717, 1.165) is 0 Å². The summed E-state index contributed by atoms with van der Waals surface area (Å²) in [6.45, 7) is 5.81. The number of hydrogen-bond acceptors (Lipinski definition) is 2. The lowest BCUT2D eigenvalue weighted by Gasteiger charge is -2.20. The lowest BCUT2D eigenvalue weighted by atomic mass is 9.99. The molecule has 4 heteroatoms. The number of hydrogen-bond donors (Lipinski definition) is 2. The molecule has 0 aliphatic heterocycles. The van der Waals surface area contributed by atoms with Crippen LogP contribution in [0.4, 0.5) is 0 Å². The highest BCUT2D eigenvalue weighted by Gasteiger charge is 1.98. The maximum atomic E-state index is 9.95. The maximum Gasteiger partial charge on any atom is -0.0536 e. The first-order valence-electron chi connectivity index (χ1n) is 2.14. The van der Waals surface area contributed by atoms with E-state index in [2.05, 4.69) is 0 Å². The molecule has 0 radical (unpaired) electrons. The van der Waals surface area contributed by atoms with E-state index >= 15 is 0 Å². The van der Waals surface area contributed by atoms with Gasteiger partial charge in [0.1, 0.15) is 0 Å². The zero-order valence-corrected chi connectivity index (χ0v) is 7.06. The normalized spacial score (nSPS) is 8.00. The van der Waals surface area contributed by atoms with Crippen LogP contribution < -0.4 is 17.4 Å². The molecule has 4 nitrogen and oxygen atoms in total. The van der Waals surface area contributed by atoms with Crippen LogP contribution >= 0.6 is 0 Å². The predicted octanol–water partition coefficient (Wildman–Crippen LogP) is 0.968. The summed E-state index contributed by atoms with van der Waals surface area (Å²) in [5.74, 6) is 0. The Bertz CT molecular complexity index is 42.7. The van der Waals surface area contributed by atoms with E-state index in [0.29, 0.717) is 0 Å². The van der Waals surface area contributed by atoms with Gasteiger partial charge in [0.05, 0.1) is 0 Å². The lowest BCUT2D eigenvalue weighted by molar-refractivity contribution is -0.387. The molecule has 0 aromatic heterocycles. The molecule has 0 fully saturated rings. The molecule has 0 rings (SSSR count). The minimum atomic E-state index is -0.0139. The van der Waals surface area contributed by atoms with Gasteiger partial charge in [0, 0.05) is 0 Å². The van der Waals surface area contributed by atoms with E-state index in [4.69, 9.17) is 0 Å². The summed E-state index contributed by atoms with van der Waals surface area (Å²) in [5.41, 5.74) is -0.0139. The zero-order valence-electron chi connectivity index (χ0n) is 7.06. The Morgan fingerprint density at radius 1 is 1.11 bits per heavy atom. The largest absolute Gasteiger partial charge is 0.870 e. The van der Waals surface area contributed by atoms with Gasteiger partial charge in [-0.15, -0.1) is 6.61 Å². The second kappa shape index (κ2) is 7.84. The van der Waals surface area contributed by atoms with Crippen LogP contribution in [0, 0.1) is 5.41 Å². The summed E-state index contributed by atoms with van der Waals surface area (Å²) in [6, 6.07) is 0. The summed E-state index contributed by atoms with van der Waals surface area (Å²) >= 11 is 0. The van der Waals surface area contributed by atoms with Gasteiger partial charge in [-0.3, -0.25) is 0 Å². The summed E-state index contributed by atoms with van der Waals surface area (Å²) in [4.78, 5) is 0. The Morgan fingerprint density at radius 2 is 1.22 bits per heavy atom. The molecule has 0 spiro atoms. The molecule has 0 aromatic carbocycles. The monoisotopic (exact) mass is 140 g/mol. The van der Waals surface area contributed by atoms with E-state index < -0.39 is 0 Å². The van der Waals surface area contributed by atoms with Crippen molar-refractivity contribution in [2.24, 2.45) is 5.41 Å². The zero-order chi connectivity index (χ0) is 5.21. The Hall–Kier alpha value is -0.160. The summed E-state index contributed by atoms with van der Waals surface area (Å²) in [6.07, 6.45) is 0. The molecule has 0 saturated carbocycles. The highest BCUT2D eigenvalue weighted by atomic mass is 16.3. The average molecular weight is 140 g/mol. The minimum Gasteiger partial charge on any atom is -0.870 e. The molecular weight excluding hydrogens is 120 g/mol. The number of rotatable bonds is 0. The molecule has 0 aliphatic carbocycles. The summed E-state index contributed by atoms with van der Waals surface area (Å²) < 4.78 is 0. The van der Waals surface area contributed by atoms with Gasteiger partial charge in [-0.25, -0.2) is 0 Å². The van der Waals surface area contributed by atoms with Gasteiger partial charge >= 0.3 is 0 Å². The lowest BCUT2D eigenvalue weighted by Crippen LogP contribution is -2.22. The predicted molar refractivity (Wildman–Crippen MR) is 38.2 cm³/mol. The fourth-order valence-electron chi connectivity index (χ4n) is 0. The van der Waals surface area contributed by atoms with Crippen LogP contribution in [0.5, 0.6) is 0 Å². The standard InChI is InChI=1S/C5H11O.2H3N.H2O/c1-5(2,3)4-6;;;/h4H2,1-3H3;2*1H3;1H2/q-1;;;/p+1. The van der Waals surface area contributed by atoms with Gasteiger partial charge < -0.3 is 22.9 Å². The van der Waals surface area contributed by atoms with Crippen LogP contribution in [0.15, 0.2) is 0 Å². The van der Waals surface area contributed by atoms with Crippen molar-refractivity contribution in [2.45, 2.75) is 20.8 Å². The second-order valence-electron chi connectivity index (χ2n) is 2.70. The fraction of sp³-hybridized carbons (Fsp3) is 1.00. The van der Waals surface area contributed by atoms with Gasteiger partial charge in [0.15, 0.2) is 0 Å². The molecule has 0 amide bonds. The maximum absolute atomic E-state index is 9.95. The second-order valence-corrected chi connectivity index (χ2v) is 2.70. The molecular formula is C5H20N2O2. The third kappa shape index (κ3) is 33.2. The Balaban J connectivity index is -0.0000000417. The first kappa shape index (κ1) is 23.2. The molecule has 9 heavy (non-hydrogen) atoms. The van der Waals surface area contributed by atoms with E-state index in [1.807, 2.05) is 20.8 Å². The van der Waals surface area contributed by atoms with Crippen molar-refractivity contribution in [1.29, 1.82) is 0 Å². The van der Waals surface area contributed by atoms with E-state index in [1.54, 1.807) is 0 Å². The SMILES string of the molecule is CC(C)(C)C[O-].[NH4+].[NH4+].[OH-]. The molecule has 62 valence electrons. The summed E-state index contributed by atoms with van der Waals surface area (Å²) in [5, 5.41) is 9.95. The molecule has 9 N–H and O–H groups in total. The van der Waals surface area contributed by atoms with E-state index in [9.17, 15) is 5.11 Å². The molecule has 0 aromatic rings. The van der Waals surface area contributed by atoms with Crippen molar-refractivity contribution in [3.8, 4) is 0 Å². The van der Waals surface area contributed by atoms with Crippen LogP contribution in [0.1, 0.15) is 20.8 Å². The van der Waals surface area contributed by atoms with Crippen molar-refractivity contribution in [3.63, 3.8) is 0 Å². The van der Waals surface area contributed by atoms with Crippen molar-refractivity contribution in [1.82, 2.24) is 12.3 Å². The average Bonchev–Trinajstić information content (AvgIpc) is 1.35. The highest BCUT2D eigenvalue weighted by Crippen LogP contribution is 2.07. The molecule has 0 saturated heterocycles. The third-order valence-corrected chi connectivity index (χ3v) is 0.433. The molecule has 0 aliphatic rings. The quantitative estimate of drug-likeness (QED) is 0.520.